The number of aryl methyl sites for hydroxylation is 2. The highest BCUT2D eigenvalue weighted by Crippen LogP contribution is 2.22. The van der Waals surface area contributed by atoms with Gasteiger partial charge in [0, 0.05) is 24.0 Å². The fraction of sp³-hybridized carbons (Fsp3) is 0.222. The minimum Gasteiger partial charge on any atom is -0.294 e. The number of carbonyl (C=O) groups excluding carboxylic acids is 2. The van der Waals surface area contributed by atoms with E-state index in [-0.39, 0.29) is 23.2 Å². The maximum absolute atomic E-state index is 12.6. The van der Waals surface area contributed by atoms with E-state index in [0.717, 1.165) is 11.1 Å². The Bertz CT molecular complexity index is 700. The van der Waals surface area contributed by atoms with Gasteiger partial charge in [0.2, 0.25) is 0 Å². The van der Waals surface area contributed by atoms with Crippen LogP contribution in [-0.2, 0) is 12.8 Å². The molecule has 0 unspecified atom stereocenters. The van der Waals surface area contributed by atoms with Crippen molar-refractivity contribution in [1.29, 1.82) is 0 Å². The number of ketones is 2. The third kappa shape index (κ3) is 2.82. The van der Waals surface area contributed by atoms with E-state index < -0.39 is 0 Å². The Morgan fingerprint density at radius 3 is 1.45 bits per heavy atom. The maximum Gasteiger partial charge on any atom is 0.163 e. The van der Waals surface area contributed by atoms with Crippen LogP contribution in [-0.4, -0.2) is 11.6 Å². The molecule has 0 saturated heterocycles. The molecule has 0 bridgehead atoms. The van der Waals surface area contributed by atoms with Gasteiger partial charge >= 0.3 is 0 Å². The molecule has 2 aromatic carbocycles. The van der Waals surface area contributed by atoms with E-state index in [1.54, 1.807) is 12.1 Å². The summed E-state index contributed by atoms with van der Waals surface area (Å²) in [6, 6.07) is 8.70. The van der Waals surface area contributed by atoms with E-state index in [0.29, 0.717) is 36.8 Å². The van der Waals surface area contributed by atoms with Gasteiger partial charge in [0.15, 0.2) is 11.6 Å². The molecule has 0 heterocycles. The number of halogens is 2. The second-order valence-corrected chi connectivity index (χ2v) is 5.45. The minimum absolute atomic E-state index is 0.139. The number of hydrogen-bond donors (Lipinski definition) is 0. The van der Waals surface area contributed by atoms with E-state index >= 15 is 0 Å². The van der Waals surface area contributed by atoms with Gasteiger partial charge < -0.3 is 0 Å². The zero-order valence-corrected chi connectivity index (χ0v) is 11.9. The van der Waals surface area contributed by atoms with Crippen molar-refractivity contribution in [3.8, 4) is 0 Å². The number of Topliss-reactive ketones (excluding diaryl/α,β-unsaturated/α-hetero) is 2. The molecule has 2 nitrogen and oxygen atoms in total. The Morgan fingerprint density at radius 1 is 0.636 bits per heavy atom. The molecule has 0 fully saturated rings. The number of hydrogen-bond acceptors (Lipinski definition) is 2. The Balaban J connectivity index is 0.000000131. The maximum atomic E-state index is 12.6. The molecule has 4 rings (SSSR count). The van der Waals surface area contributed by atoms with Crippen molar-refractivity contribution in [3.63, 3.8) is 0 Å². The molecule has 22 heavy (non-hydrogen) atoms. The van der Waals surface area contributed by atoms with Crippen molar-refractivity contribution in [2.24, 2.45) is 0 Å². The Labute approximate surface area is 126 Å². The van der Waals surface area contributed by atoms with E-state index in [1.807, 2.05) is 0 Å². The predicted octanol–water partition coefficient (Wildman–Crippen LogP) is 3.91. The van der Waals surface area contributed by atoms with Crippen LogP contribution >= 0.6 is 0 Å². The van der Waals surface area contributed by atoms with Crippen LogP contribution < -0.4 is 0 Å². The third-order valence-electron chi connectivity index (χ3n) is 3.98. The zero-order valence-electron chi connectivity index (χ0n) is 11.9. The summed E-state index contributed by atoms with van der Waals surface area (Å²) in [5.41, 5.74) is 3.11. The summed E-state index contributed by atoms with van der Waals surface area (Å²) in [6.07, 6.45) is 2.48. The summed E-state index contributed by atoms with van der Waals surface area (Å²) < 4.78 is 25.2. The lowest BCUT2D eigenvalue weighted by molar-refractivity contribution is 0.0986. The second kappa shape index (κ2) is 5.79. The van der Waals surface area contributed by atoms with Crippen LogP contribution in [0.3, 0.4) is 0 Å². The molecule has 2 aliphatic carbocycles. The monoisotopic (exact) mass is 300 g/mol. The molecule has 0 atom stereocenters. The lowest BCUT2D eigenvalue weighted by atomic mass is 10.1. The first-order valence-electron chi connectivity index (χ1n) is 7.18. The van der Waals surface area contributed by atoms with Crippen molar-refractivity contribution in [3.05, 3.63) is 70.3 Å². The Hall–Kier alpha value is -2.36. The summed E-state index contributed by atoms with van der Waals surface area (Å²) >= 11 is 0. The number of carbonyl (C=O) groups is 2. The van der Waals surface area contributed by atoms with Gasteiger partial charge in [-0.2, -0.15) is 0 Å². The first kappa shape index (κ1) is 14.6. The summed E-state index contributed by atoms with van der Waals surface area (Å²) in [7, 11) is 0. The highest BCUT2D eigenvalue weighted by atomic mass is 19.1. The van der Waals surface area contributed by atoms with Crippen LogP contribution in [0.1, 0.15) is 44.7 Å². The van der Waals surface area contributed by atoms with Crippen LogP contribution in [0.5, 0.6) is 0 Å². The van der Waals surface area contributed by atoms with Crippen molar-refractivity contribution < 1.29 is 18.4 Å². The fourth-order valence-corrected chi connectivity index (χ4v) is 2.85. The molecular weight excluding hydrogens is 286 g/mol. The first-order valence-corrected chi connectivity index (χ1v) is 7.18. The van der Waals surface area contributed by atoms with E-state index in [1.165, 1.54) is 24.3 Å². The smallest absolute Gasteiger partial charge is 0.163 e. The molecule has 2 aliphatic rings. The molecule has 112 valence electrons. The first-order chi connectivity index (χ1) is 10.5. The predicted molar refractivity (Wildman–Crippen MR) is 78.1 cm³/mol. The highest BCUT2D eigenvalue weighted by Gasteiger charge is 2.19. The SMILES string of the molecule is O=C1CCc2cc(F)ccc21.O=C1CCc2cc(F)ccc21. The van der Waals surface area contributed by atoms with Gasteiger partial charge in [-0.3, -0.25) is 9.59 Å². The van der Waals surface area contributed by atoms with Gasteiger partial charge in [-0.05, 0) is 60.4 Å². The van der Waals surface area contributed by atoms with Crippen molar-refractivity contribution in [2.45, 2.75) is 25.7 Å². The highest BCUT2D eigenvalue weighted by molar-refractivity contribution is 6.00. The summed E-state index contributed by atoms with van der Waals surface area (Å²) in [6.45, 7) is 0. The van der Waals surface area contributed by atoms with Gasteiger partial charge in [-0.1, -0.05) is 0 Å². The van der Waals surface area contributed by atoms with Crippen LogP contribution in [0.15, 0.2) is 36.4 Å². The molecule has 0 amide bonds. The van der Waals surface area contributed by atoms with Crippen LogP contribution in [0.4, 0.5) is 8.78 Å². The van der Waals surface area contributed by atoms with Crippen molar-refractivity contribution in [1.82, 2.24) is 0 Å². The van der Waals surface area contributed by atoms with Gasteiger partial charge in [0.05, 0.1) is 0 Å². The average molecular weight is 300 g/mol. The molecular formula is C18H14F2O2. The number of fused-ring (bicyclic) bond motifs is 2. The largest absolute Gasteiger partial charge is 0.294 e. The lowest BCUT2D eigenvalue weighted by Gasteiger charge is -1.94. The number of rotatable bonds is 0. The second-order valence-electron chi connectivity index (χ2n) is 5.45. The Morgan fingerprint density at radius 2 is 1.05 bits per heavy atom. The summed E-state index contributed by atoms with van der Waals surface area (Å²) in [5.74, 6) is -0.225. The van der Waals surface area contributed by atoms with Crippen LogP contribution in [0.25, 0.3) is 0 Å². The lowest BCUT2D eigenvalue weighted by Crippen LogP contribution is -1.90. The molecule has 0 aromatic heterocycles. The third-order valence-corrected chi connectivity index (χ3v) is 3.98. The molecule has 4 heteroatoms. The van der Waals surface area contributed by atoms with Crippen molar-refractivity contribution in [2.75, 3.05) is 0 Å². The fourth-order valence-electron chi connectivity index (χ4n) is 2.85. The molecule has 0 N–H and O–H groups in total. The average Bonchev–Trinajstić information content (AvgIpc) is 3.03. The molecule has 0 spiro atoms. The Kier molecular flexibility index (Phi) is 3.84. The zero-order chi connectivity index (χ0) is 15.7. The van der Waals surface area contributed by atoms with E-state index in [4.69, 9.17) is 0 Å². The number of benzene rings is 2. The van der Waals surface area contributed by atoms with Gasteiger partial charge in [-0.25, -0.2) is 8.78 Å². The van der Waals surface area contributed by atoms with Gasteiger partial charge in [0.1, 0.15) is 11.6 Å². The molecule has 0 saturated carbocycles. The minimum atomic E-state index is -0.251. The standard InChI is InChI=1S/2C9H7FO/c2*10-7-2-3-8-6(5-7)1-4-9(8)11/h2*2-3,5H,1,4H2. The summed E-state index contributed by atoms with van der Waals surface area (Å²) in [5, 5.41) is 0. The van der Waals surface area contributed by atoms with Crippen molar-refractivity contribution >= 4 is 11.6 Å². The quantitative estimate of drug-likeness (QED) is 0.739. The van der Waals surface area contributed by atoms with Gasteiger partial charge in [-0.15, -0.1) is 0 Å². The molecule has 0 aliphatic heterocycles. The normalized spacial score (nSPS) is 15.2. The van der Waals surface area contributed by atoms with E-state index in [9.17, 15) is 18.4 Å². The topological polar surface area (TPSA) is 34.1 Å². The molecule has 2 aromatic rings. The van der Waals surface area contributed by atoms with Crippen LogP contribution in [0.2, 0.25) is 0 Å². The summed E-state index contributed by atoms with van der Waals surface area (Å²) in [4.78, 5) is 22.1. The van der Waals surface area contributed by atoms with E-state index in [2.05, 4.69) is 0 Å². The van der Waals surface area contributed by atoms with Gasteiger partial charge in [0.25, 0.3) is 0 Å². The molecule has 0 radical (unpaired) electrons. The van der Waals surface area contributed by atoms with Crippen LogP contribution in [0, 0.1) is 11.6 Å².